The fourth-order valence-corrected chi connectivity index (χ4v) is 2.63. The molecule has 1 heterocycles. The highest BCUT2D eigenvalue weighted by molar-refractivity contribution is 9.10. The SMILES string of the molecule is Cn1cnnc1Sc1cccc(Br)c1C#N. The number of hydrogen-bond acceptors (Lipinski definition) is 4. The van der Waals surface area contributed by atoms with Crippen LogP contribution in [0.1, 0.15) is 5.56 Å². The van der Waals surface area contributed by atoms with Crippen molar-refractivity contribution in [2.24, 2.45) is 7.05 Å². The van der Waals surface area contributed by atoms with E-state index in [0.717, 1.165) is 14.5 Å². The summed E-state index contributed by atoms with van der Waals surface area (Å²) in [6, 6.07) is 7.80. The van der Waals surface area contributed by atoms with Crippen molar-refractivity contribution in [2.45, 2.75) is 10.1 Å². The first-order chi connectivity index (χ1) is 7.72. The Morgan fingerprint density at radius 2 is 2.31 bits per heavy atom. The Morgan fingerprint density at radius 1 is 1.50 bits per heavy atom. The topological polar surface area (TPSA) is 54.5 Å². The molecule has 2 aromatic rings. The van der Waals surface area contributed by atoms with Crippen LogP contribution < -0.4 is 0 Å². The molecule has 16 heavy (non-hydrogen) atoms. The zero-order valence-corrected chi connectivity index (χ0v) is 10.8. The van der Waals surface area contributed by atoms with Crippen molar-refractivity contribution < 1.29 is 0 Å². The average Bonchev–Trinajstić information content (AvgIpc) is 2.65. The van der Waals surface area contributed by atoms with Crippen LogP contribution in [0.5, 0.6) is 0 Å². The highest BCUT2D eigenvalue weighted by Gasteiger charge is 2.10. The lowest BCUT2D eigenvalue weighted by Crippen LogP contribution is -1.90. The number of nitriles is 1. The molecule has 0 aliphatic rings. The molecule has 0 aliphatic carbocycles. The molecule has 0 saturated carbocycles. The number of aromatic nitrogens is 3. The van der Waals surface area contributed by atoms with E-state index < -0.39 is 0 Å². The third-order valence-electron chi connectivity index (χ3n) is 1.96. The van der Waals surface area contributed by atoms with E-state index in [4.69, 9.17) is 5.26 Å². The summed E-state index contributed by atoms with van der Waals surface area (Å²) in [5.41, 5.74) is 0.621. The summed E-state index contributed by atoms with van der Waals surface area (Å²) in [5, 5.41) is 17.6. The highest BCUT2D eigenvalue weighted by atomic mass is 79.9. The van der Waals surface area contributed by atoms with Gasteiger partial charge in [-0.25, -0.2) is 0 Å². The zero-order chi connectivity index (χ0) is 11.5. The maximum atomic E-state index is 9.06. The number of hydrogen-bond donors (Lipinski definition) is 0. The standard InChI is InChI=1S/C10H7BrN4S/c1-15-6-13-14-10(15)16-9-4-2-3-8(11)7(9)5-12/h2-4,6H,1H3. The molecular formula is C10H7BrN4S. The number of rotatable bonds is 2. The molecule has 6 heteroatoms. The first-order valence-electron chi connectivity index (χ1n) is 4.43. The predicted molar refractivity (Wildman–Crippen MR) is 64.0 cm³/mol. The predicted octanol–water partition coefficient (Wildman–Crippen LogP) is 2.60. The first kappa shape index (κ1) is 11.2. The van der Waals surface area contributed by atoms with Crippen LogP contribution in [0.2, 0.25) is 0 Å². The van der Waals surface area contributed by atoms with Crippen molar-refractivity contribution in [1.29, 1.82) is 5.26 Å². The lowest BCUT2D eigenvalue weighted by atomic mass is 10.2. The van der Waals surface area contributed by atoms with Crippen LogP contribution >= 0.6 is 27.7 Å². The van der Waals surface area contributed by atoms with Crippen LogP contribution in [0.3, 0.4) is 0 Å². The van der Waals surface area contributed by atoms with Gasteiger partial charge in [0.25, 0.3) is 0 Å². The maximum Gasteiger partial charge on any atom is 0.195 e. The lowest BCUT2D eigenvalue weighted by Gasteiger charge is -2.03. The Kier molecular flexibility index (Phi) is 3.27. The molecular weight excluding hydrogens is 288 g/mol. The zero-order valence-electron chi connectivity index (χ0n) is 8.38. The molecule has 1 aromatic heterocycles. The highest BCUT2D eigenvalue weighted by Crippen LogP contribution is 2.31. The second kappa shape index (κ2) is 4.68. The molecule has 0 atom stereocenters. The average molecular weight is 295 g/mol. The van der Waals surface area contributed by atoms with Gasteiger partial charge < -0.3 is 4.57 Å². The van der Waals surface area contributed by atoms with Crippen LogP contribution in [0, 0.1) is 11.3 Å². The van der Waals surface area contributed by atoms with E-state index in [1.54, 1.807) is 6.33 Å². The van der Waals surface area contributed by atoms with E-state index in [0.29, 0.717) is 5.56 Å². The van der Waals surface area contributed by atoms with Crippen LogP contribution in [0.15, 0.2) is 39.1 Å². The van der Waals surface area contributed by atoms with Gasteiger partial charge in [0, 0.05) is 16.4 Å². The Balaban J connectivity index is 2.40. The molecule has 0 unspecified atom stereocenters. The van der Waals surface area contributed by atoms with Crippen LogP contribution in [-0.4, -0.2) is 14.8 Å². The summed E-state index contributed by atoms with van der Waals surface area (Å²) < 4.78 is 2.61. The summed E-state index contributed by atoms with van der Waals surface area (Å²) in [6.45, 7) is 0. The largest absolute Gasteiger partial charge is 0.311 e. The Morgan fingerprint density at radius 3 is 2.94 bits per heavy atom. The van der Waals surface area contributed by atoms with Crippen molar-refractivity contribution >= 4 is 27.7 Å². The fraction of sp³-hybridized carbons (Fsp3) is 0.100. The molecule has 0 fully saturated rings. The van der Waals surface area contributed by atoms with Crippen molar-refractivity contribution in [1.82, 2.24) is 14.8 Å². The Labute approximate surface area is 105 Å². The van der Waals surface area contributed by atoms with E-state index >= 15 is 0 Å². The lowest BCUT2D eigenvalue weighted by molar-refractivity contribution is 0.788. The molecule has 2 rings (SSSR count). The molecule has 1 aromatic carbocycles. The van der Waals surface area contributed by atoms with Gasteiger partial charge in [-0.15, -0.1) is 10.2 Å². The van der Waals surface area contributed by atoms with E-state index in [9.17, 15) is 0 Å². The van der Waals surface area contributed by atoms with Crippen LogP contribution in [-0.2, 0) is 7.05 Å². The second-order valence-corrected chi connectivity index (χ2v) is 4.91. The van der Waals surface area contributed by atoms with E-state index in [1.807, 2.05) is 29.8 Å². The molecule has 0 N–H and O–H groups in total. The minimum atomic E-state index is 0.621. The summed E-state index contributed by atoms with van der Waals surface area (Å²) in [6.07, 6.45) is 1.63. The summed E-state index contributed by atoms with van der Waals surface area (Å²) in [5.74, 6) is 0. The van der Waals surface area contributed by atoms with E-state index in [2.05, 4.69) is 32.2 Å². The van der Waals surface area contributed by atoms with E-state index in [-0.39, 0.29) is 0 Å². The minimum Gasteiger partial charge on any atom is -0.311 e. The second-order valence-electron chi connectivity index (χ2n) is 3.05. The van der Waals surface area contributed by atoms with Crippen LogP contribution in [0.4, 0.5) is 0 Å². The molecule has 0 radical (unpaired) electrons. The smallest absolute Gasteiger partial charge is 0.195 e. The van der Waals surface area contributed by atoms with Gasteiger partial charge in [-0.05, 0) is 39.8 Å². The first-order valence-corrected chi connectivity index (χ1v) is 6.04. The normalized spacial score (nSPS) is 10.1. The number of halogens is 1. The van der Waals surface area contributed by atoms with Crippen molar-refractivity contribution in [3.63, 3.8) is 0 Å². The van der Waals surface area contributed by atoms with Gasteiger partial charge in [0.1, 0.15) is 12.4 Å². The van der Waals surface area contributed by atoms with Crippen molar-refractivity contribution in [2.75, 3.05) is 0 Å². The van der Waals surface area contributed by atoms with E-state index in [1.165, 1.54) is 11.8 Å². The minimum absolute atomic E-state index is 0.621. The summed E-state index contributed by atoms with van der Waals surface area (Å²) in [4.78, 5) is 0.868. The van der Waals surface area contributed by atoms with Gasteiger partial charge in [0.2, 0.25) is 0 Å². The fourth-order valence-electron chi connectivity index (χ4n) is 1.16. The monoisotopic (exact) mass is 294 g/mol. The molecule has 0 spiro atoms. The number of nitrogens with zero attached hydrogens (tertiary/aromatic N) is 4. The molecule has 0 aliphatic heterocycles. The van der Waals surface area contributed by atoms with Gasteiger partial charge >= 0.3 is 0 Å². The van der Waals surface area contributed by atoms with Gasteiger partial charge in [0.15, 0.2) is 5.16 Å². The molecule has 0 amide bonds. The summed E-state index contributed by atoms with van der Waals surface area (Å²) in [7, 11) is 1.87. The van der Waals surface area contributed by atoms with Crippen LogP contribution in [0.25, 0.3) is 0 Å². The molecule has 4 nitrogen and oxygen atoms in total. The Hall–Kier alpha value is -1.32. The number of aryl methyl sites for hydroxylation is 1. The van der Waals surface area contributed by atoms with Crippen molar-refractivity contribution in [3.8, 4) is 6.07 Å². The quantitative estimate of drug-likeness (QED) is 0.854. The third-order valence-corrected chi connectivity index (χ3v) is 3.73. The molecule has 0 bridgehead atoms. The van der Waals surface area contributed by atoms with Gasteiger partial charge in [0.05, 0.1) is 5.56 Å². The number of benzene rings is 1. The Bertz CT molecular complexity index is 558. The van der Waals surface area contributed by atoms with Gasteiger partial charge in [-0.1, -0.05) is 6.07 Å². The van der Waals surface area contributed by atoms with Crippen molar-refractivity contribution in [3.05, 3.63) is 34.6 Å². The third kappa shape index (κ3) is 2.10. The van der Waals surface area contributed by atoms with Gasteiger partial charge in [-0.3, -0.25) is 0 Å². The summed E-state index contributed by atoms with van der Waals surface area (Å²) >= 11 is 4.77. The molecule has 0 saturated heterocycles. The van der Waals surface area contributed by atoms with Gasteiger partial charge in [-0.2, -0.15) is 5.26 Å². The maximum absolute atomic E-state index is 9.06. The molecule has 80 valence electrons.